The first kappa shape index (κ1) is 17.3. The smallest absolute Gasteiger partial charge is 0.346 e. The third-order valence-electron chi connectivity index (χ3n) is 2.92. The Hall–Kier alpha value is -2.03. The van der Waals surface area contributed by atoms with Crippen molar-refractivity contribution in [2.45, 2.75) is 30.4 Å². The third-order valence-corrected chi connectivity index (χ3v) is 3.97. The highest BCUT2D eigenvalue weighted by Crippen LogP contribution is 2.25. The highest BCUT2D eigenvalue weighted by Gasteiger charge is 2.29. The maximum Gasteiger partial charge on any atom is 0.405 e. The second-order valence-corrected chi connectivity index (χ2v) is 6.10. The van der Waals surface area contributed by atoms with Crippen molar-refractivity contribution in [2.24, 2.45) is 0 Å². The van der Waals surface area contributed by atoms with Gasteiger partial charge in [-0.1, -0.05) is 30.0 Å². The molecule has 0 aliphatic heterocycles. The molecule has 0 fully saturated rings. The summed E-state index contributed by atoms with van der Waals surface area (Å²) in [4.78, 5) is 11.8. The Kier molecular flexibility index (Phi) is 5.30. The van der Waals surface area contributed by atoms with Crippen molar-refractivity contribution < 1.29 is 18.0 Å². The average Bonchev–Trinajstić information content (AvgIpc) is 2.85. The molecule has 1 heterocycles. The Morgan fingerprint density at radius 3 is 2.57 bits per heavy atom. The summed E-state index contributed by atoms with van der Waals surface area (Å²) in [5.41, 5.74) is 0.820. The van der Waals surface area contributed by atoms with E-state index in [0.717, 1.165) is 17.4 Å². The molecule has 23 heavy (non-hydrogen) atoms. The summed E-state index contributed by atoms with van der Waals surface area (Å²) in [5.74, 6) is -0.0748. The lowest BCUT2D eigenvalue weighted by Gasteiger charge is -2.14. The van der Waals surface area contributed by atoms with Crippen molar-refractivity contribution in [1.29, 1.82) is 0 Å². The lowest BCUT2D eigenvalue weighted by atomic mass is 10.3. The standard InChI is InChI=1S/C14H15F3N4OS/c1-9(12(22)18-8-14(15,16)17)23-13-20-19-10(2)21(13)11-6-4-3-5-7-11/h3-7,9H,8H2,1-2H3,(H,18,22)/t9-/m0/s1. The molecule has 0 bridgehead atoms. The minimum atomic E-state index is -4.43. The molecule has 0 saturated heterocycles. The first-order valence-electron chi connectivity index (χ1n) is 6.76. The first-order valence-corrected chi connectivity index (χ1v) is 7.64. The number of aromatic nitrogens is 3. The van der Waals surface area contributed by atoms with Crippen LogP contribution in [0.1, 0.15) is 12.7 Å². The SMILES string of the molecule is Cc1nnc(S[C@@H](C)C(=O)NCC(F)(F)F)n1-c1ccccc1. The molecular formula is C14H15F3N4OS. The van der Waals surface area contributed by atoms with Crippen molar-refractivity contribution in [3.8, 4) is 5.69 Å². The van der Waals surface area contributed by atoms with Gasteiger partial charge in [0.25, 0.3) is 0 Å². The molecule has 0 unspecified atom stereocenters. The van der Waals surface area contributed by atoms with Gasteiger partial charge in [0, 0.05) is 5.69 Å². The van der Waals surface area contributed by atoms with Crippen LogP contribution in [0.2, 0.25) is 0 Å². The van der Waals surface area contributed by atoms with Crippen LogP contribution in [-0.4, -0.2) is 38.6 Å². The maximum absolute atomic E-state index is 12.1. The van der Waals surface area contributed by atoms with Crippen LogP contribution in [0.4, 0.5) is 13.2 Å². The number of thioether (sulfide) groups is 1. The van der Waals surface area contributed by atoms with Crippen LogP contribution < -0.4 is 5.32 Å². The van der Waals surface area contributed by atoms with Crippen LogP contribution in [0, 0.1) is 6.92 Å². The maximum atomic E-state index is 12.1. The van der Waals surface area contributed by atoms with E-state index in [9.17, 15) is 18.0 Å². The van der Waals surface area contributed by atoms with Gasteiger partial charge in [0.1, 0.15) is 12.4 Å². The number of aryl methyl sites for hydroxylation is 1. The minimum Gasteiger partial charge on any atom is -0.346 e. The molecule has 1 amide bonds. The molecule has 2 aromatic rings. The van der Waals surface area contributed by atoms with Gasteiger partial charge >= 0.3 is 6.18 Å². The number of nitrogens with one attached hydrogen (secondary N) is 1. The van der Waals surface area contributed by atoms with Gasteiger partial charge in [-0.25, -0.2) is 0 Å². The molecular weight excluding hydrogens is 329 g/mol. The number of alkyl halides is 3. The molecule has 1 aromatic heterocycles. The normalized spacial score (nSPS) is 12.9. The fourth-order valence-corrected chi connectivity index (χ4v) is 2.77. The quantitative estimate of drug-likeness (QED) is 0.848. The van der Waals surface area contributed by atoms with Gasteiger partial charge in [-0.15, -0.1) is 10.2 Å². The van der Waals surface area contributed by atoms with E-state index in [2.05, 4.69) is 10.2 Å². The Bertz CT molecular complexity index is 672. The largest absolute Gasteiger partial charge is 0.405 e. The number of carbonyl (C=O) groups excluding carboxylic acids is 1. The number of benzene rings is 1. The average molecular weight is 344 g/mol. The monoisotopic (exact) mass is 344 g/mol. The van der Waals surface area contributed by atoms with E-state index >= 15 is 0 Å². The minimum absolute atomic E-state index is 0.448. The van der Waals surface area contributed by atoms with Crippen molar-refractivity contribution in [3.05, 3.63) is 36.2 Å². The summed E-state index contributed by atoms with van der Waals surface area (Å²) in [6.07, 6.45) is -4.43. The number of nitrogens with zero attached hydrogens (tertiary/aromatic N) is 3. The van der Waals surface area contributed by atoms with E-state index < -0.39 is 23.9 Å². The molecule has 1 atom stereocenters. The molecule has 1 N–H and O–H groups in total. The molecule has 0 spiro atoms. The van der Waals surface area contributed by atoms with Gasteiger partial charge < -0.3 is 5.32 Å². The zero-order valence-corrected chi connectivity index (χ0v) is 13.3. The summed E-state index contributed by atoms with van der Waals surface area (Å²) in [6, 6.07) is 9.28. The molecule has 0 saturated carbocycles. The number of amides is 1. The van der Waals surface area contributed by atoms with Crippen LogP contribution in [-0.2, 0) is 4.79 Å². The lowest BCUT2D eigenvalue weighted by Crippen LogP contribution is -2.38. The molecule has 5 nitrogen and oxygen atoms in total. The second-order valence-electron chi connectivity index (χ2n) is 4.79. The van der Waals surface area contributed by atoms with Gasteiger partial charge in [0.15, 0.2) is 5.16 Å². The van der Waals surface area contributed by atoms with Crippen LogP contribution >= 0.6 is 11.8 Å². The topological polar surface area (TPSA) is 59.8 Å². The molecule has 9 heteroatoms. The fraction of sp³-hybridized carbons (Fsp3) is 0.357. The number of rotatable bonds is 5. The molecule has 0 aliphatic carbocycles. The van der Waals surface area contributed by atoms with Crippen molar-refractivity contribution in [2.75, 3.05) is 6.54 Å². The van der Waals surface area contributed by atoms with E-state index in [1.807, 2.05) is 35.6 Å². The lowest BCUT2D eigenvalue weighted by molar-refractivity contribution is -0.137. The van der Waals surface area contributed by atoms with E-state index in [1.165, 1.54) is 6.92 Å². The molecule has 0 aliphatic rings. The van der Waals surface area contributed by atoms with Crippen LogP contribution in [0.5, 0.6) is 0 Å². The van der Waals surface area contributed by atoms with Gasteiger partial charge in [-0.05, 0) is 26.0 Å². The van der Waals surface area contributed by atoms with E-state index in [1.54, 1.807) is 11.5 Å². The van der Waals surface area contributed by atoms with Crippen LogP contribution in [0.3, 0.4) is 0 Å². The zero-order chi connectivity index (χ0) is 17.0. The zero-order valence-electron chi connectivity index (χ0n) is 12.5. The highest BCUT2D eigenvalue weighted by atomic mass is 32.2. The summed E-state index contributed by atoms with van der Waals surface area (Å²) < 4.78 is 38.2. The summed E-state index contributed by atoms with van der Waals surface area (Å²) >= 11 is 1.05. The van der Waals surface area contributed by atoms with Gasteiger partial charge in [0.2, 0.25) is 5.91 Å². The Morgan fingerprint density at radius 1 is 1.30 bits per heavy atom. The van der Waals surface area contributed by atoms with Crippen LogP contribution in [0.25, 0.3) is 5.69 Å². The number of para-hydroxylation sites is 1. The molecule has 0 radical (unpaired) electrons. The van der Waals surface area contributed by atoms with Crippen molar-refractivity contribution in [3.63, 3.8) is 0 Å². The first-order chi connectivity index (χ1) is 10.8. The summed E-state index contributed by atoms with van der Waals surface area (Å²) in [7, 11) is 0. The van der Waals surface area contributed by atoms with Crippen molar-refractivity contribution >= 4 is 17.7 Å². The predicted molar refractivity (Wildman–Crippen MR) is 80.5 cm³/mol. The molecule has 124 valence electrons. The van der Waals surface area contributed by atoms with E-state index in [4.69, 9.17) is 0 Å². The Morgan fingerprint density at radius 2 is 1.96 bits per heavy atom. The van der Waals surface area contributed by atoms with Gasteiger partial charge in [-0.3, -0.25) is 9.36 Å². The predicted octanol–water partition coefficient (Wildman–Crippen LogP) is 2.73. The van der Waals surface area contributed by atoms with E-state index in [0.29, 0.717) is 11.0 Å². The second kappa shape index (κ2) is 7.03. The number of hydrogen-bond acceptors (Lipinski definition) is 4. The van der Waals surface area contributed by atoms with Gasteiger partial charge in [-0.2, -0.15) is 13.2 Å². The van der Waals surface area contributed by atoms with E-state index in [-0.39, 0.29) is 0 Å². The molecule has 1 aromatic carbocycles. The Labute approximate surface area is 135 Å². The highest BCUT2D eigenvalue weighted by molar-refractivity contribution is 8.00. The third kappa shape index (κ3) is 4.72. The van der Waals surface area contributed by atoms with Gasteiger partial charge in [0.05, 0.1) is 5.25 Å². The molecule has 2 rings (SSSR count). The van der Waals surface area contributed by atoms with Crippen LogP contribution in [0.15, 0.2) is 35.5 Å². The number of carbonyl (C=O) groups is 1. The van der Waals surface area contributed by atoms with Crippen molar-refractivity contribution in [1.82, 2.24) is 20.1 Å². The summed E-state index contributed by atoms with van der Waals surface area (Å²) in [5, 5.41) is 9.55. The fourth-order valence-electron chi connectivity index (χ4n) is 1.84. The Balaban J connectivity index is 2.10. The number of halogens is 3. The summed E-state index contributed by atoms with van der Waals surface area (Å²) in [6.45, 7) is 1.94. The number of hydrogen-bond donors (Lipinski definition) is 1.